The van der Waals surface area contributed by atoms with E-state index >= 15 is 0 Å². The molecule has 9 heteroatoms. The van der Waals surface area contributed by atoms with Gasteiger partial charge in [-0.25, -0.2) is 18.2 Å². The van der Waals surface area contributed by atoms with E-state index in [-0.39, 0.29) is 17.1 Å². The number of nitrogens with zero attached hydrogens (tertiary/aromatic N) is 1. The van der Waals surface area contributed by atoms with Crippen LogP contribution in [-0.4, -0.2) is 4.98 Å². The second kappa shape index (κ2) is 7.99. The molecular formula is C16H11ClF3N3S2. The van der Waals surface area contributed by atoms with Crippen LogP contribution in [0, 0.1) is 17.5 Å². The zero-order valence-corrected chi connectivity index (χ0v) is 14.9. The molecule has 3 nitrogen and oxygen atoms in total. The second-order valence-electron chi connectivity index (χ2n) is 4.94. The SMILES string of the molecule is Fc1ccc(Cl)cc1CNc1cc(F)c(SNc2cscn2)c(F)c1. The molecule has 2 aromatic carbocycles. The van der Waals surface area contributed by atoms with Gasteiger partial charge in [0.2, 0.25) is 0 Å². The Morgan fingerprint density at radius 1 is 1.08 bits per heavy atom. The molecule has 3 aromatic rings. The van der Waals surface area contributed by atoms with Crippen LogP contribution >= 0.6 is 34.9 Å². The van der Waals surface area contributed by atoms with Gasteiger partial charge in [-0.3, -0.25) is 0 Å². The lowest BCUT2D eigenvalue weighted by molar-refractivity contribution is 0.541. The lowest BCUT2D eigenvalue weighted by Crippen LogP contribution is -2.03. The van der Waals surface area contributed by atoms with Crippen molar-refractivity contribution in [2.24, 2.45) is 0 Å². The number of aromatic nitrogens is 1. The Morgan fingerprint density at radius 3 is 2.52 bits per heavy atom. The Hall–Kier alpha value is -1.90. The van der Waals surface area contributed by atoms with E-state index in [1.807, 2.05) is 0 Å². The third-order valence-corrected chi connectivity index (χ3v) is 4.91. The van der Waals surface area contributed by atoms with Gasteiger partial charge in [0.1, 0.15) is 28.2 Å². The summed E-state index contributed by atoms with van der Waals surface area (Å²) in [6, 6.07) is 6.43. The fourth-order valence-electron chi connectivity index (χ4n) is 2.00. The van der Waals surface area contributed by atoms with Crippen LogP contribution in [0.2, 0.25) is 5.02 Å². The van der Waals surface area contributed by atoms with Gasteiger partial charge in [0, 0.05) is 28.2 Å². The molecular weight excluding hydrogens is 391 g/mol. The van der Waals surface area contributed by atoms with Crippen molar-refractivity contribution < 1.29 is 13.2 Å². The summed E-state index contributed by atoms with van der Waals surface area (Å²) < 4.78 is 44.7. The highest BCUT2D eigenvalue weighted by Crippen LogP contribution is 2.29. The lowest BCUT2D eigenvalue weighted by atomic mass is 10.2. The van der Waals surface area contributed by atoms with Gasteiger partial charge in [-0.15, -0.1) is 11.3 Å². The van der Waals surface area contributed by atoms with Crippen LogP contribution < -0.4 is 10.0 Å². The molecule has 0 saturated heterocycles. The molecule has 0 aliphatic carbocycles. The van der Waals surface area contributed by atoms with Gasteiger partial charge >= 0.3 is 0 Å². The monoisotopic (exact) mass is 401 g/mol. The van der Waals surface area contributed by atoms with Crippen molar-refractivity contribution in [2.45, 2.75) is 11.4 Å². The van der Waals surface area contributed by atoms with E-state index in [1.165, 1.54) is 29.5 Å². The Kier molecular flexibility index (Phi) is 5.72. The van der Waals surface area contributed by atoms with E-state index in [1.54, 1.807) is 10.9 Å². The molecule has 3 rings (SSSR count). The molecule has 0 unspecified atom stereocenters. The van der Waals surface area contributed by atoms with Crippen molar-refractivity contribution in [1.29, 1.82) is 0 Å². The van der Waals surface area contributed by atoms with Crippen LogP contribution in [-0.2, 0) is 6.54 Å². The summed E-state index contributed by atoms with van der Waals surface area (Å²) in [5, 5.41) is 4.89. The lowest BCUT2D eigenvalue weighted by Gasteiger charge is -2.11. The quantitative estimate of drug-likeness (QED) is 0.501. The van der Waals surface area contributed by atoms with E-state index in [2.05, 4.69) is 15.0 Å². The number of hydrogen-bond acceptors (Lipinski definition) is 5. The zero-order valence-electron chi connectivity index (χ0n) is 12.5. The van der Waals surface area contributed by atoms with Crippen molar-refractivity contribution >= 4 is 46.4 Å². The first-order chi connectivity index (χ1) is 12.0. The molecule has 130 valence electrons. The molecule has 2 N–H and O–H groups in total. The van der Waals surface area contributed by atoms with E-state index in [4.69, 9.17) is 11.6 Å². The summed E-state index contributed by atoms with van der Waals surface area (Å²) in [5.41, 5.74) is 2.11. The third kappa shape index (κ3) is 4.59. The summed E-state index contributed by atoms with van der Waals surface area (Å²) >= 11 is 7.98. The molecule has 0 bridgehead atoms. The summed E-state index contributed by atoms with van der Waals surface area (Å²) in [6.45, 7) is 0.0504. The van der Waals surface area contributed by atoms with Crippen molar-refractivity contribution in [3.8, 4) is 0 Å². The van der Waals surface area contributed by atoms with Crippen molar-refractivity contribution in [3.05, 3.63) is 69.3 Å². The number of anilines is 2. The maximum Gasteiger partial charge on any atom is 0.147 e. The van der Waals surface area contributed by atoms with Crippen LogP contribution in [0.25, 0.3) is 0 Å². The maximum absolute atomic E-state index is 14.2. The van der Waals surface area contributed by atoms with Crippen molar-refractivity contribution in [2.75, 3.05) is 10.0 Å². The number of rotatable bonds is 6. The van der Waals surface area contributed by atoms with Crippen LogP contribution in [0.3, 0.4) is 0 Å². The van der Waals surface area contributed by atoms with Gasteiger partial charge in [-0.2, -0.15) is 0 Å². The second-order valence-corrected chi connectivity index (χ2v) is 6.91. The molecule has 0 fully saturated rings. The summed E-state index contributed by atoms with van der Waals surface area (Å²) in [4.78, 5) is 3.80. The first kappa shape index (κ1) is 17.9. The summed E-state index contributed by atoms with van der Waals surface area (Å²) in [7, 11) is 0. The Morgan fingerprint density at radius 2 is 1.84 bits per heavy atom. The summed E-state index contributed by atoms with van der Waals surface area (Å²) in [6.07, 6.45) is 0. The highest BCUT2D eigenvalue weighted by atomic mass is 35.5. The highest BCUT2D eigenvalue weighted by molar-refractivity contribution is 8.00. The van der Waals surface area contributed by atoms with Crippen LogP contribution in [0.1, 0.15) is 5.56 Å². The maximum atomic E-state index is 14.2. The fourth-order valence-corrected chi connectivity index (χ4v) is 3.39. The topological polar surface area (TPSA) is 37.0 Å². The normalized spacial score (nSPS) is 10.7. The Balaban J connectivity index is 1.70. The molecule has 1 aromatic heterocycles. The first-order valence-electron chi connectivity index (χ1n) is 7.01. The van der Waals surface area contributed by atoms with Crippen LogP contribution in [0.5, 0.6) is 0 Å². The van der Waals surface area contributed by atoms with E-state index in [0.29, 0.717) is 16.4 Å². The van der Waals surface area contributed by atoms with Crippen LogP contribution in [0.15, 0.2) is 46.1 Å². The van der Waals surface area contributed by atoms with Gasteiger partial charge in [-0.1, -0.05) is 11.6 Å². The number of thiazole rings is 1. The molecule has 0 aliphatic heterocycles. The molecule has 0 radical (unpaired) electrons. The van der Waals surface area contributed by atoms with E-state index in [0.717, 1.165) is 24.1 Å². The third-order valence-electron chi connectivity index (χ3n) is 3.18. The van der Waals surface area contributed by atoms with Gasteiger partial charge in [-0.05, 0) is 42.3 Å². The van der Waals surface area contributed by atoms with E-state index in [9.17, 15) is 13.2 Å². The van der Waals surface area contributed by atoms with Crippen molar-refractivity contribution in [3.63, 3.8) is 0 Å². The Labute approximate surface area is 155 Å². The molecule has 0 atom stereocenters. The number of halogens is 4. The molecule has 0 aliphatic rings. The largest absolute Gasteiger partial charge is 0.381 e. The minimum atomic E-state index is -0.734. The average molecular weight is 402 g/mol. The molecule has 0 spiro atoms. The zero-order chi connectivity index (χ0) is 17.8. The first-order valence-corrected chi connectivity index (χ1v) is 9.14. The highest BCUT2D eigenvalue weighted by Gasteiger charge is 2.13. The van der Waals surface area contributed by atoms with Crippen LogP contribution in [0.4, 0.5) is 24.7 Å². The number of hydrogen-bond donors (Lipinski definition) is 2. The molecule has 25 heavy (non-hydrogen) atoms. The van der Waals surface area contributed by atoms with Crippen molar-refractivity contribution in [1.82, 2.24) is 4.98 Å². The number of benzene rings is 2. The number of nitrogens with one attached hydrogen (secondary N) is 2. The van der Waals surface area contributed by atoms with Gasteiger partial charge in [0.25, 0.3) is 0 Å². The van der Waals surface area contributed by atoms with Gasteiger partial charge in [0.05, 0.1) is 5.51 Å². The van der Waals surface area contributed by atoms with Gasteiger partial charge in [0.15, 0.2) is 0 Å². The van der Waals surface area contributed by atoms with Gasteiger partial charge < -0.3 is 10.0 Å². The standard InChI is InChI=1S/C16H11ClF3N3S2/c17-10-1-2-12(18)9(3-10)6-21-11-4-13(19)16(14(20)5-11)25-23-15-7-24-8-22-15/h1-5,7-8,21,23H,6H2. The molecule has 0 saturated carbocycles. The average Bonchev–Trinajstić information content (AvgIpc) is 3.08. The predicted octanol–water partition coefficient (Wildman–Crippen LogP) is 5.95. The summed E-state index contributed by atoms with van der Waals surface area (Å²) in [5.74, 6) is -1.39. The minimum Gasteiger partial charge on any atom is -0.381 e. The van der Waals surface area contributed by atoms with E-state index < -0.39 is 17.5 Å². The predicted molar refractivity (Wildman–Crippen MR) is 96.7 cm³/mol. The fraction of sp³-hybridized carbons (Fsp3) is 0.0625. The molecule has 0 amide bonds. The minimum absolute atomic E-state index is 0.0504. The Bertz CT molecular complexity index is 852. The molecule has 1 heterocycles. The smallest absolute Gasteiger partial charge is 0.147 e.